The zero-order chi connectivity index (χ0) is 21.7. The van der Waals surface area contributed by atoms with Gasteiger partial charge in [0.2, 0.25) is 0 Å². The van der Waals surface area contributed by atoms with Gasteiger partial charge in [-0.25, -0.2) is 0 Å². The lowest BCUT2D eigenvalue weighted by molar-refractivity contribution is 0.158. The standard InChI is InChI=1S/C26H48N4/c1-13-9-17(5)27-23(13)21(24-14(2)10-18(6)28-24)22(25-15(3)11-19(7)29-25)26-16(4)12-20(8)30-26/h13-25,27-29H,9-12H2,1-8H3. The molecule has 4 nitrogen and oxygen atoms in total. The van der Waals surface area contributed by atoms with Gasteiger partial charge in [-0.3, -0.25) is 4.99 Å². The van der Waals surface area contributed by atoms with Crippen molar-refractivity contribution in [1.29, 1.82) is 0 Å². The molecule has 4 heteroatoms. The second-order valence-electron chi connectivity index (χ2n) is 12.1. The molecule has 0 aromatic carbocycles. The molecule has 0 aromatic heterocycles. The zero-order valence-electron chi connectivity index (χ0n) is 20.8. The Morgan fingerprint density at radius 2 is 1.07 bits per heavy atom. The van der Waals surface area contributed by atoms with Crippen molar-refractivity contribution >= 4 is 5.71 Å². The van der Waals surface area contributed by atoms with Crippen LogP contribution in [0.3, 0.4) is 0 Å². The molecule has 172 valence electrons. The van der Waals surface area contributed by atoms with Crippen molar-refractivity contribution in [2.75, 3.05) is 0 Å². The van der Waals surface area contributed by atoms with E-state index in [1.165, 1.54) is 31.4 Å². The van der Waals surface area contributed by atoms with Gasteiger partial charge in [0.05, 0.1) is 0 Å². The fourth-order valence-corrected chi connectivity index (χ4v) is 8.01. The number of rotatable bonds is 5. The summed E-state index contributed by atoms with van der Waals surface area (Å²) >= 11 is 0. The summed E-state index contributed by atoms with van der Waals surface area (Å²) in [6.07, 6.45) is 5.11. The van der Waals surface area contributed by atoms with Gasteiger partial charge in [-0.05, 0) is 83.0 Å². The Bertz CT molecular complexity index is 609. The van der Waals surface area contributed by atoms with E-state index in [9.17, 15) is 0 Å². The van der Waals surface area contributed by atoms with Crippen LogP contribution in [0.4, 0.5) is 0 Å². The van der Waals surface area contributed by atoms with Crippen LogP contribution in [0.5, 0.6) is 0 Å². The fraction of sp³-hybridized carbons (Fsp3) is 0.962. The van der Waals surface area contributed by atoms with Crippen molar-refractivity contribution in [3.63, 3.8) is 0 Å². The van der Waals surface area contributed by atoms with E-state index in [1.54, 1.807) is 0 Å². The first-order chi connectivity index (χ1) is 14.2. The van der Waals surface area contributed by atoms with Crippen LogP contribution in [0.1, 0.15) is 81.1 Å². The van der Waals surface area contributed by atoms with Gasteiger partial charge in [-0.2, -0.15) is 0 Å². The molecule has 0 saturated carbocycles. The second kappa shape index (κ2) is 8.83. The van der Waals surface area contributed by atoms with Crippen LogP contribution in [0.2, 0.25) is 0 Å². The third kappa shape index (κ3) is 4.26. The fourth-order valence-electron chi connectivity index (χ4n) is 8.01. The summed E-state index contributed by atoms with van der Waals surface area (Å²) in [4.78, 5) is 5.35. The largest absolute Gasteiger partial charge is 0.311 e. The zero-order valence-corrected chi connectivity index (χ0v) is 20.8. The number of nitrogens with zero attached hydrogens (tertiary/aromatic N) is 1. The van der Waals surface area contributed by atoms with Crippen molar-refractivity contribution in [2.45, 2.75) is 123 Å². The van der Waals surface area contributed by atoms with Crippen molar-refractivity contribution in [2.24, 2.45) is 40.5 Å². The summed E-state index contributed by atoms with van der Waals surface area (Å²) in [5, 5.41) is 12.2. The topological polar surface area (TPSA) is 48.4 Å². The van der Waals surface area contributed by atoms with Crippen LogP contribution in [-0.2, 0) is 0 Å². The maximum atomic E-state index is 5.35. The van der Waals surface area contributed by atoms with Crippen LogP contribution in [0, 0.1) is 35.5 Å². The van der Waals surface area contributed by atoms with E-state index in [-0.39, 0.29) is 0 Å². The van der Waals surface area contributed by atoms with E-state index in [2.05, 4.69) is 71.3 Å². The molecular formula is C26H48N4. The smallest absolute Gasteiger partial charge is 0.0477 e. The molecule has 3 fully saturated rings. The Kier molecular flexibility index (Phi) is 6.69. The number of aliphatic imine (C=N–C) groups is 1. The first-order valence-electron chi connectivity index (χ1n) is 13.0. The predicted molar refractivity (Wildman–Crippen MR) is 128 cm³/mol. The van der Waals surface area contributed by atoms with E-state index in [0.717, 1.165) is 11.8 Å². The number of hydrogen-bond acceptors (Lipinski definition) is 4. The van der Waals surface area contributed by atoms with Crippen LogP contribution >= 0.6 is 0 Å². The summed E-state index contributed by atoms with van der Waals surface area (Å²) in [6.45, 7) is 19.4. The molecule has 3 saturated heterocycles. The van der Waals surface area contributed by atoms with Gasteiger partial charge >= 0.3 is 0 Å². The van der Waals surface area contributed by atoms with Crippen molar-refractivity contribution in [1.82, 2.24) is 16.0 Å². The molecule has 30 heavy (non-hydrogen) atoms. The molecule has 4 aliphatic rings. The first kappa shape index (κ1) is 22.7. The second-order valence-corrected chi connectivity index (χ2v) is 12.1. The molecule has 4 rings (SSSR count). The summed E-state index contributed by atoms with van der Waals surface area (Å²) < 4.78 is 0. The molecule has 0 spiro atoms. The minimum Gasteiger partial charge on any atom is -0.311 e. The van der Waals surface area contributed by atoms with Gasteiger partial charge in [-0.1, -0.05) is 27.7 Å². The maximum absolute atomic E-state index is 5.35. The van der Waals surface area contributed by atoms with E-state index in [4.69, 9.17) is 4.99 Å². The third-order valence-corrected chi connectivity index (χ3v) is 8.99. The summed E-state index contributed by atoms with van der Waals surface area (Å²) in [6, 6.07) is 4.04. The van der Waals surface area contributed by atoms with Crippen molar-refractivity contribution < 1.29 is 0 Å². The van der Waals surface area contributed by atoms with E-state index in [0.29, 0.717) is 66.0 Å². The van der Waals surface area contributed by atoms with Crippen LogP contribution in [0.15, 0.2) is 4.99 Å². The van der Waals surface area contributed by atoms with Gasteiger partial charge < -0.3 is 16.0 Å². The van der Waals surface area contributed by atoms with Gasteiger partial charge in [0.15, 0.2) is 0 Å². The molecular weight excluding hydrogens is 368 g/mol. The van der Waals surface area contributed by atoms with E-state index < -0.39 is 0 Å². The molecule has 4 heterocycles. The Morgan fingerprint density at radius 1 is 0.633 bits per heavy atom. The average molecular weight is 417 g/mol. The van der Waals surface area contributed by atoms with E-state index in [1.807, 2.05) is 0 Å². The van der Waals surface area contributed by atoms with Crippen LogP contribution < -0.4 is 16.0 Å². The molecule has 0 aromatic rings. The molecule has 12 atom stereocenters. The lowest BCUT2D eigenvalue weighted by Crippen LogP contribution is -2.58. The summed E-state index contributed by atoms with van der Waals surface area (Å²) in [5.74, 6) is 3.90. The maximum Gasteiger partial charge on any atom is 0.0477 e. The van der Waals surface area contributed by atoms with Gasteiger partial charge in [0.25, 0.3) is 0 Å². The van der Waals surface area contributed by atoms with Crippen LogP contribution in [0.25, 0.3) is 0 Å². The van der Waals surface area contributed by atoms with Gasteiger partial charge in [0.1, 0.15) is 0 Å². The SMILES string of the molecule is CC1CC(C)C(C(C2NC(C)CC2C)C(C2NC(C)CC2C)C2NC(C)CC2C)=N1. The molecule has 4 aliphatic heterocycles. The molecule has 12 unspecified atom stereocenters. The Labute approximate surface area is 185 Å². The summed E-state index contributed by atoms with van der Waals surface area (Å²) in [7, 11) is 0. The molecule has 0 bridgehead atoms. The van der Waals surface area contributed by atoms with Crippen molar-refractivity contribution in [3.8, 4) is 0 Å². The monoisotopic (exact) mass is 416 g/mol. The summed E-state index contributed by atoms with van der Waals surface area (Å²) in [5.41, 5.74) is 1.54. The van der Waals surface area contributed by atoms with Crippen LogP contribution in [-0.4, -0.2) is 48.0 Å². The van der Waals surface area contributed by atoms with Crippen molar-refractivity contribution in [3.05, 3.63) is 0 Å². The molecule has 0 aliphatic carbocycles. The Hall–Kier alpha value is -0.450. The molecule has 0 amide bonds. The van der Waals surface area contributed by atoms with Gasteiger partial charge in [-0.15, -0.1) is 0 Å². The highest BCUT2D eigenvalue weighted by atomic mass is 15.1. The highest BCUT2D eigenvalue weighted by molar-refractivity contribution is 5.91. The lowest BCUT2D eigenvalue weighted by Gasteiger charge is -2.44. The Morgan fingerprint density at radius 3 is 1.40 bits per heavy atom. The van der Waals surface area contributed by atoms with E-state index >= 15 is 0 Å². The predicted octanol–water partition coefficient (Wildman–Crippen LogP) is 4.25. The quantitative estimate of drug-likeness (QED) is 0.628. The minimum absolute atomic E-state index is 0.480. The highest BCUT2D eigenvalue weighted by Gasteiger charge is 2.52. The number of nitrogens with one attached hydrogen (secondary N) is 3. The normalized spacial score (nSPS) is 51.3. The van der Waals surface area contributed by atoms with Gasteiger partial charge in [0, 0.05) is 53.9 Å². The minimum atomic E-state index is 0.480. The lowest BCUT2D eigenvalue weighted by atomic mass is 9.66. The third-order valence-electron chi connectivity index (χ3n) is 8.99. The highest BCUT2D eigenvalue weighted by Crippen LogP contribution is 2.44. The Balaban J connectivity index is 1.77. The first-order valence-corrected chi connectivity index (χ1v) is 13.0. The molecule has 0 radical (unpaired) electrons. The number of hydrogen-bond donors (Lipinski definition) is 3. The average Bonchev–Trinajstić information content (AvgIpc) is 3.34. The molecule has 3 N–H and O–H groups in total.